The molecule has 0 aliphatic heterocycles. The highest BCUT2D eigenvalue weighted by Gasteiger charge is 2.07. The third-order valence-corrected chi connectivity index (χ3v) is 1.20. The van der Waals surface area contributed by atoms with Crippen molar-refractivity contribution >= 4 is 12.7 Å². The van der Waals surface area contributed by atoms with E-state index in [4.69, 9.17) is 5.11 Å². The molecule has 0 saturated carbocycles. The minimum Gasteiger partial charge on any atom is -0.478 e. The van der Waals surface area contributed by atoms with Crippen molar-refractivity contribution in [1.82, 2.24) is 0 Å². The molecule has 0 amide bonds. The molecule has 0 heterocycles. The summed E-state index contributed by atoms with van der Waals surface area (Å²) < 4.78 is 12.3. The maximum absolute atomic E-state index is 12.3. The van der Waals surface area contributed by atoms with Crippen LogP contribution >= 0.6 is 0 Å². The smallest absolute Gasteiger partial charge is 0.337 e. The molecule has 0 rings (SSSR count). The van der Waals surface area contributed by atoms with E-state index in [1.54, 1.807) is 0 Å². The van der Waals surface area contributed by atoms with Crippen molar-refractivity contribution in [3.8, 4) is 0 Å². The molecule has 0 radical (unpaired) electrons. The number of aliphatic imine (C=N–C) groups is 1. The van der Waals surface area contributed by atoms with Crippen molar-refractivity contribution in [3.05, 3.63) is 23.2 Å². The van der Waals surface area contributed by atoms with Crippen LogP contribution < -0.4 is 0 Å². The summed E-state index contributed by atoms with van der Waals surface area (Å²) in [5.74, 6) is -1.78. The van der Waals surface area contributed by atoms with Gasteiger partial charge in [0.2, 0.25) is 0 Å². The molecule has 0 unspecified atom stereocenters. The van der Waals surface area contributed by atoms with Crippen molar-refractivity contribution < 1.29 is 14.3 Å². The van der Waals surface area contributed by atoms with E-state index in [0.717, 1.165) is 6.08 Å². The van der Waals surface area contributed by atoms with Crippen LogP contribution in [0.15, 0.2) is 28.2 Å². The van der Waals surface area contributed by atoms with Crippen LogP contribution in [-0.4, -0.2) is 17.8 Å². The quantitative estimate of drug-likeness (QED) is 0.400. The van der Waals surface area contributed by atoms with Crippen molar-refractivity contribution in [2.24, 2.45) is 4.99 Å². The number of halogens is 1. The largest absolute Gasteiger partial charge is 0.478 e. The Morgan fingerprint density at radius 2 is 2.08 bits per heavy atom. The molecule has 66 valence electrons. The molecule has 12 heavy (non-hydrogen) atoms. The molecule has 3 nitrogen and oxygen atoms in total. The third-order valence-electron chi connectivity index (χ3n) is 1.20. The SMILES string of the molecule is C=N/C(C)=C(\C=C(/C)F)C(=O)O. The lowest BCUT2D eigenvalue weighted by atomic mass is 10.2. The van der Waals surface area contributed by atoms with Gasteiger partial charge in [-0.1, -0.05) is 0 Å². The Kier molecular flexibility index (Phi) is 3.90. The van der Waals surface area contributed by atoms with Crippen LogP contribution in [0, 0.1) is 0 Å². The van der Waals surface area contributed by atoms with Crippen LogP contribution in [0.1, 0.15) is 13.8 Å². The lowest BCUT2D eigenvalue weighted by Gasteiger charge is -1.97. The molecule has 0 aliphatic carbocycles. The Morgan fingerprint density at radius 1 is 1.58 bits per heavy atom. The molecule has 0 aromatic carbocycles. The highest BCUT2D eigenvalue weighted by Crippen LogP contribution is 2.10. The van der Waals surface area contributed by atoms with E-state index in [0.29, 0.717) is 0 Å². The first-order valence-corrected chi connectivity index (χ1v) is 3.23. The number of allylic oxidation sites excluding steroid dienone is 2. The minimum atomic E-state index is -1.21. The fraction of sp³-hybridized carbons (Fsp3) is 0.250. The third kappa shape index (κ3) is 3.09. The first-order chi connectivity index (χ1) is 5.49. The number of rotatable bonds is 3. The zero-order valence-electron chi connectivity index (χ0n) is 6.97. The van der Waals surface area contributed by atoms with E-state index in [1.165, 1.54) is 13.8 Å². The summed E-state index contributed by atoms with van der Waals surface area (Å²) in [5, 5.41) is 8.57. The molecular weight excluding hydrogens is 161 g/mol. The van der Waals surface area contributed by atoms with E-state index < -0.39 is 11.8 Å². The van der Waals surface area contributed by atoms with Crippen LogP contribution in [0.2, 0.25) is 0 Å². The number of carbonyl (C=O) groups is 1. The van der Waals surface area contributed by atoms with Crippen LogP contribution in [-0.2, 0) is 4.79 Å². The summed E-state index contributed by atoms with van der Waals surface area (Å²) in [6.07, 6.45) is 0.909. The van der Waals surface area contributed by atoms with Crippen LogP contribution in [0.25, 0.3) is 0 Å². The van der Waals surface area contributed by atoms with Crippen molar-refractivity contribution in [2.75, 3.05) is 0 Å². The second kappa shape index (κ2) is 4.43. The predicted molar refractivity (Wildman–Crippen MR) is 44.7 cm³/mol. The lowest BCUT2D eigenvalue weighted by Crippen LogP contribution is -2.00. The Morgan fingerprint density at radius 3 is 2.33 bits per heavy atom. The number of hydrogen-bond donors (Lipinski definition) is 1. The van der Waals surface area contributed by atoms with Gasteiger partial charge >= 0.3 is 5.97 Å². The minimum absolute atomic E-state index is 0.176. The van der Waals surface area contributed by atoms with Gasteiger partial charge in [-0.3, -0.25) is 4.99 Å². The monoisotopic (exact) mass is 171 g/mol. The zero-order valence-corrected chi connectivity index (χ0v) is 6.97. The molecular formula is C8H10FNO2. The van der Waals surface area contributed by atoms with Gasteiger partial charge in [0.05, 0.1) is 17.1 Å². The summed E-state index contributed by atoms with van der Waals surface area (Å²) in [5.41, 5.74) is 0.0181. The Bertz CT molecular complexity index is 262. The normalized spacial score (nSPS) is 13.8. The number of aliphatic carboxylic acids is 1. The Balaban J connectivity index is 5.06. The van der Waals surface area contributed by atoms with Crippen molar-refractivity contribution in [2.45, 2.75) is 13.8 Å². The summed E-state index contributed by atoms with van der Waals surface area (Å²) in [7, 11) is 0. The molecule has 0 spiro atoms. The number of nitrogens with zero attached hydrogens (tertiary/aromatic N) is 1. The first kappa shape index (κ1) is 10.6. The van der Waals surface area contributed by atoms with E-state index in [-0.39, 0.29) is 11.3 Å². The second-order valence-corrected chi connectivity index (χ2v) is 2.19. The maximum Gasteiger partial charge on any atom is 0.337 e. The van der Waals surface area contributed by atoms with E-state index in [9.17, 15) is 9.18 Å². The fourth-order valence-corrected chi connectivity index (χ4v) is 0.605. The van der Waals surface area contributed by atoms with Crippen LogP contribution in [0.5, 0.6) is 0 Å². The molecule has 4 heteroatoms. The van der Waals surface area contributed by atoms with E-state index in [1.807, 2.05) is 0 Å². The molecule has 0 bridgehead atoms. The zero-order chi connectivity index (χ0) is 9.72. The average Bonchev–Trinajstić information content (AvgIpc) is 1.98. The van der Waals surface area contributed by atoms with Gasteiger partial charge < -0.3 is 5.11 Å². The van der Waals surface area contributed by atoms with Gasteiger partial charge in [0.15, 0.2) is 0 Å². The highest BCUT2D eigenvalue weighted by molar-refractivity contribution is 5.90. The number of carboxylic acid groups (broad SMARTS) is 1. The van der Waals surface area contributed by atoms with Gasteiger partial charge in [-0.15, -0.1) is 0 Å². The topological polar surface area (TPSA) is 49.7 Å². The van der Waals surface area contributed by atoms with E-state index in [2.05, 4.69) is 11.7 Å². The van der Waals surface area contributed by atoms with Gasteiger partial charge in [-0.05, 0) is 26.6 Å². The Labute approximate surface area is 69.9 Å². The molecule has 0 aliphatic rings. The van der Waals surface area contributed by atoms with Gasteiger partial charge in [-0.2, -0.15) is 0 Å². The lowest BCUT2D eigenvalue weighted by molar-refractivity contribution is -0.132. The summed E-state index contributed by atoms with van der Waals surface area (Å²) >= 11 is 0. The van der Waals surface area contributed by atoms with Gasteiger partial charge in [0.25, 0.3) is 0 Å². The predicted octanol–water partition coefficient (Wildman–Crippen LogP) is 1.92. The maximum atomic E-state index is 12.3. The molecule has 0 aromatic heterocycles. The summed E-state index contributed by atoms with van der Waals surface area (Å²) in [6, 6.07) is 0. The Hall–Kier alpha value is -1.45. The molecule has 0 aromatic rings. The van der Waals surface area contributed by atoms with Gasteiger partial charge in [0, 0.05) is 0 Å². The van der Waals surface area contributed by atoms with Gasteiger partial charge in [-0.25, -0.2) is 9.18 Å². The molecule has 0 saturated heterocycles. The number of hydrogen-bond acceptors (Lipinski definition) is 2. The fourth-order valence-electron chi connectivity index (χ4n) is 0.605. The van der Waals surface area contributed by atoms with Crippen LogP contribution in [0.4, 0.5) is 4.39 Å². The molecule has 0 atom stereocenters. The van der Waals surface area contributed by atoms with Crippen molar-refractivity contribution in [1.29, 1.82) is 0 Å². The average molecular weight is 171 g/mol. The molecule has 1 N–H and O–H groups in total. The van der Waals surface area contributed by atoms with Crippen LogP contribution in [0.3, 0.4) is 0 Å². The second-order valence-electron chi connectivity index (χ2n) is 2.19. The highest BCUT2D eigenvalue weighted by atomic mass is 19.1. The standard InChI is InChI=1S/C8H10FNO2/c1-5(9)4-7(8(11)12)6(2)10-3/h4H,3H2,1-2H3,(H,11,12)/b5-4+,7-6+. The molecule has 0 fully saturated rings. The van der Waals surface area contributed by atoms with Crippen molar-refractivity contribution in [3.63, 3.8) is 0 Å². The van der Waals surface area contributed by atoms with E-state index >= 15 is 0 Å². The number of carboxylic acids is 1. The first-order valence-electron chi connectivity index (χ1n) is 3.23. The summed E-state index contributed by atoms with van der Waals surface area (Å²) in [6.45, 7) is 5.77. The summed E-state index contributed by atoms with van der Waals surface area (Å²) in [4.78, 5) is 13.9. The van der Waals surface area contributed by atoms with Gasteiger partial charge in [0.1, 0.15) is 0 Å².